The molecule has 0 radical (unpaired) electrons. The molecule has 2 aromatic rings. The molecule has 28 heavy (non-hydrogen) atoms. The Balaban J connectivity index is 1.26. The predicted octanol–water partition coefficient (Wildman–Crippen LogP) is 2.34. The summed E-state index contributed by atoms with van der Waals surface area (Å²) in [6, 6.07) is 11.1. The summed E-state index contributed by atoms with van der Waals surface area (Å²) < 4.78 is 17.4. The molecule has 144 valence electrons. The van der Waals surface area contributed by atoms with Crippen LogP contribution in [0.2, 0.25) is 0 Å². The van der Waals surface area contributed by atoms with Gasteiger partial charge < -0.3 is 19.1 Å². The molecule has 0 spiro atoms. The number of carbonyl (C=O) groups excluding carboxylic acids is 1. The van der Waals surface area contributed by atoms with Crippen molar-refractivity contribution in [2.24, 2.45) is 0 Å². The number of carbonyl (C=O) groups is 1. The maximum Gasteiger partial charge on any atom is 0.260 e. The number of fused-ring (bicyclic) bond motifs is 1. The highest BCUT2D eigenvalue weighted by molar-refractivity contribution is 5.78. The van der Waals surface area contributed by atoms with Gasteiger partial charge in [0.1, 0.15) is 17.8 Å². The van der Waals surface area contributed by atoms with Crippen LogP contribution in [-0.2, 0) is 11.2 Å². The number of nitrogens with zero attached hydrogens (tertiary/aromatic N) is 3. The second-order valence-electron chi connectivity index (χ2n) is 7.61. The average molecular weight is 379 g/mol. The van der Waals surface area contributed by atoms with Crippen molar-refractivity contribution >= 4 is 5.91 Å². The summed E-state index contributed by atoms with van der Waals surface area (Å²) in [7, 11) is 0. The molecule has 7 heteroatoms. The van der Waals surface area contributed by atoms with E-state index in [1.54, 1.807) is 17.0 Å². The van der Waals surface area contributed by atoms with Gasteiger partial charge in [-0.3, -0.25) is 4.79 Å². The van der Waals surface area contributed by atoms with Gasteiger partial charge in [0, 0.05) is 24.2 Å². The third-order valence-electron chi connectivity index (χ3n) is 4.76. The Morgan fingerprint density at radius 2 is 2.18 bits per heavy atom. The molecule has 0 N–H and O–H groups in total. The van der Waals surface area contributed by atoms with Crippen LogP contribution in [0.15, 0.2) is 36.5 Å². The van der Waals surface area contributed by atoms with Crippen molar-refractivity contribution in [2.75, 3.05) is 19.7 Å². The number of benzene rings is 1. The minimum absolute atomic E-state index is 0.0396. The normalized spacial score (nSPS) is 17.1. The molecule has 1 aromatic heterocycles. The highest BCUT2D eigenvalue weighted by Gasteiger charge is 2.34. The zero-order valence-electron chi connectivity index (χ0n) is 15.8. The first-order valence-electron chi connectivity index (χ1n) is 9.18. The number of amides is 1. The van der Waals surface area contributed by atoms with Crippen molar-refractivity contribution < 1.29 is 19.0 Å². The third kappa shape index (κ3) is 3.72. The van der Waals surface area contributed by atoms with Crippen molar-refractivity contribution in [1.29, 1.82) is 5.26 Å². The van der Waals surface area contributed by atoms with E-state index in [-0.39, 0.29) is 24.2 Å². The van der Waals surface area contributed by atoms with Gasteiger partial charge in [0.15, 0.2) is 18.1 Å². The minimum atomic E-state index is -0.257. The number of hydrogen-bond donors (Lipinski definition) is 0. The van der Waals surface area contributed by atoms with E-state index in [0.717, 1.165) is 17.7 Å². The highest BCUT2D eigenvalue weighted by atomic mass is 16.5. The van der Waals surface area contributed by atoms with Crippen LogP contribution in [0.5, 0.6) is 17.4 Å². The molecular weight excluding hydrogens is 358 g/mol. The fourth-order valence-electron chi connectivity index (χ4n) is 3.34. The Bertz CT molecular complexity index is 928. The Labute approximate surface area is 163 Å². The van der Waals surface area contributed by atoms with Crippen molar-refractivity contribution in [3.63, 3.8) is 0 Å². The van der Waals surface area contributed by atoms with Crippen LogP contribution < -0.4 is 14.2 Å². The average Bonchev–Trinajstić information content (AvgIpc) is 2.97. The second-order valence-corrected chi connectivity index (χ2v) is 7.61. The molecule has 0 saturated carbocycles. The van der Waals surface area contributed by atoms with Crippen molar-refractivity contribution in [2.45, 2.75) is 32.0 Å². The number of rotatable bonds is 5. The molecule has 2 aliphatic rings. The number of pyridine rings is 1. The van der Waals surface area contributed by atoms with Crippen LogP contribution in [0, 0.1) is 11.3 Å². The quantitative estimate of drug-likeness (QED) is 0.793. The first-order chi connectivity index (χ1) is 13.4. The molecule has 0 atom stereocenters. The van der Waals surface area contributed by atoms with E-state index in [9.17, 15) is 4.79 Å². The third-order valence-corrected chi connectivity index (χ3v) is 4.76. The molecule has 1 saturated heterocycles. The lowest BCUT2D eigenvalue weighted by Gasteiger charge is -2.38. The summed E-state index contributed by atoms with van der Waals surface area (Å²) in [4.78, 5) is 18.1. The standard InChI is InChI=1S/C21H21N3O4/c1-21(2)8-15-4-3-5-17(20(15)28-21)26-13-19(25)24-11-16(12-24)27-18-7-6-14(9-22)10-23-18/h3-7,10,16H,8,11-13H2,1-2H3. The van der Waals surface area contributed by atoms with E-state index >= 15 is 0 Å². The number of likely N-dealkylation sites (tertiary alicyclic amines) is 1. The maximum absolute atomic E-state index is 12.4. The monoisotopic (exact) mass is 379 g/mol. The van der Waals surface area contributed by atoms with E-state index in [1.165, 1.54) is 6.20 Å². The van der Waals surface area contributed by atoms with E-state index < -0.39 is 0 Å². The van der Waals surface area contributed by atoms with E-state index in [2.05, 4.69) is 4.98 Å². The summed E-state index contributed by atoms with van der Waals surface area (Å²) in [6.07, 6.45) is 2.18. The minimum Gasteiger partial charge on any atom is -0.483 e. The molecular formula is C21H21N3O4. The van der Waals surface area contributed by atoms with Crippen LogP contribution in [0.1, 0.15) is 25.0 Å². The van der Waals surface area contributed by atoms with Crippen molar-refractivity contribution in [3.05, 3.63) is 47.7 Å². The predicted molar refractivity (Wildman–Crippen MR) is 100 cm³/mol. The van der Waals surface area contributed by atoms with Crippen LogP contribution in [-0.4, -0.2) is 47.2 Å². The topological polar surface area (TPSA) is 84.7 Å². The fourth-order valence-corrected chi connectivity index (χ4v) is 3.34. The molecule has 0 bridgehead atoms. The molecule has 0 unspecified atom stereocenters. The van der Waals surface area contributed by atoms with Gasteiger partial charge in [-0.05, 0) is 26.0 Å². The summed E-state index contributed by atoms with van der Waals surface area (Å²) >= 11 is 0. The van der Waals surface area contributed by atoms with Crippen LogP contribution in [0.25, 0.3) is 0 Å². The molecule has 0 aliphatic carbocycles. The zero-order valence-corrected chi connectivity index (χ0v) is 15.8. The number of nitriles is 1. The summed E-state index contributed by atoms with van der Waals surface area (Å²) in [6.45, 7) is 5.00. The van der Waals surface area contributed by atoms with E-state index in [1.807, 2.05) is 38.1 Å². The van der Waals surface area contributed by atoms with Crippen molar-refractivity contribution in [3.8, 4) is 23.4 Å². The van der Waals surface area contributed by atoms with Gasteiger partial charge in [0.05, 0.1) is 18.7 Å². The Morgan fingerprint density at radius 3 is 2.89 bits per heavy atom. The van der Waals surface area contributed by atoms with E-state index in [4.69, 9.17) is 19.5 Å². The van der Waals surface area contributed by atoms with Crippen molar-refractivity contribution in [1.82, 2.24) is 9.88 Å². The van der Waals surface area contributed by atoms with Crippen LogP contribution in [0.3, 0.4) is 0 Å². The smallest absolute Gasteiger partial charge is 0.260 e. The van der Waals surface area contributed by atoms with Crippen LogP contribution in [0.4, 0.5) is 0 Å². The molecule has 4 rings (SSSR count). The molecule has 1 fully saturated rings. The van der Waals surface area contributed by atoms with Gasteiger partial charge in [-0.2, -0.15) is 5.26 Å². The molecule has 3 heterocycles. The Hall–Kier alpha value is -3.27. The second kappa shape index (κ2) is 7.04. The lowest BCUT2D eigenvalue weighted by molar-refractivity contribution is -0.142. The van der Waals surface area contributed by atoms with Gasteiger partial charge in [-0.1, -0.05) is 12.1 Å². The first-order valence-corrected chi connectivity index (χ1v) is 9.18. The van der Waals surface area contributed by atoms with Gasteiger partial charge in [0.25, 0.3) is 5.91 Å². The van der Waals surface area contributed by atoms with Gasteiger partial charge in [-0.15, -0.1) is 0 Å². The lowest BCUT2D eigenvalue weighted by Crippen LogP contribution is -2.57. The van der Waals surface area contributed by atoms with Crippen LogP contribution >= 0.6 is 0 Å². The zero-order chi connectivity index (χ0) is 19.7. The van der Waals surface area contributed by atoms with Gasteiger partial charge >= 0.3 is 0 Å². The lowest BCUT2D eigenvalue weighted by atomic mass is 10.0. The van der Waals surface area contributed by atoms with Gasteiger partial charge in [-0.25, -0.2) is 4.98 Å². The largest absolute Gasteiger partial charge is 0.483 e. The number of hydrogen-bond acceptors (Lipinski definition) is 6. The maximum atomic E-state index is 12.4. The number of aromatic nitrogens is 1. The summed E-state index contributed by atoms with van der Waals surface area (Å²) in [5, 5.41) is 8.78. The van der Waals surface area contributed by atoms with Gasteiger partial charge in [0.2, 0.25) is 5.88 Å². The Kier molecular flexibility index (Phi) is 4.55. The molecule has 1 amide bonds. The fraction of sp³-hybridized carbons (Fsp3) is 0.381. The number of para-hydroxylation sites is 1. The summed E-state index contributed by atoms with van der Waals surface area (Å²) in [5.41, 5.74) is 1.32. The van der Waals surface area contributed by atoms with E-state index in [0.29, 0.717) is 30.3 Å². The summed E-state index contributed by atoms with van der Waals surface area (Å²) in [5.74, 6) is 1.69. The molecule has 1 aromatic carbocycles. The highest BCUT2D eigenvalue weighted by Crippen LogP contribution is 2.41. The Morgan fingerprint density at radius 1 is 1.36 bits per heavy atom. The molecule has 2 aliphatic heterocycles. The SMILES string of the molecule is CC1(C)Cc2cccc(OCC(=O)N3CC(Oc4ccc(C#N)cn4)C3)c2O1. The molecule has 7 nitrogen and oxygen atoms in total. The number of ether oxygens (including phenoxy) is 3. The first kappa shape index (κ1) is 18.1.